The van der Waals surface area contributed by atoms with Gasteiger partial charge in [0, 0.05) is 39.3 Å². The molecule has 2 heterocycles. The van der Waals surface area contributed by atoms with Crippen molar-refractivity contribution in [3.05, 3.63) is 90.1 Å². The van der Waals surface area contributed by atoms with E-state index < -0.39 is 11.8 Å². The van der Waals surface area contributed by atoms with E-state index in [0.29, 0.717) is 50.6 Å². The molecule has 8 heteroatoms. The lowest BCUT2D eigenvalue weighted by Crippen LogP contribution is -2.51. The topological polar surface area (TPSA) is 77.8 Å². The average molecular weight is 465 g/mol. The lowest BCUT2D eigenvalue weighted by molar-refractivity contribution is -0.139. The molecule has 0 unspecified atom stereocenters. The van der Waals surface area contributed by atoms with Crippen LogP contribution in [0, 0.1) is 5.82 Å². The first kappa shape index (κ1) is 23.5. The van der Waals surface area contributed by atoms with Gasteiger partial charge in [-0.05, 0) is 36.2 Å². The second-order valence-electron chi connectivity index (χ2n) is 8.21. The minimum Gasteiger partial charge on any atom is -0.468 e. The van der Waals surface area contributed by atoms with Crippen LogP contribution in [0.4, 0.5) is 10.1 Å². The molecule has 2 aromatic carbocycles. The molecule has 0 aliphatic carbocycles. The van der Waals surface area contributed by atoms with Gasteiger partial charge in [-0.1, -0.05) is 42.5 Å². The number of hydrogen-bond acceptors (Lipinski definition) is 5. The normalized spacial score (nSPS) is 15.0. The van der Waals surface area contributed by atoms with E-state index >= 15 is 0 Å². The summed E-state index contributed by atoms with van der Waals surface area (Å²) in [5.74, 6) is -0.846. The molecule has 4 rings (SSSR count). The van der Waals surface area contributed by atoms with E-state index in [4.69, 9.17) is 4.42 Å². The zero-order valence-electron chi connectivity index (χ0n) is 19.0. The first-order valence-corrected chi connectivity index (χ1v) is 11.5. The Balaban J connectivity index is 1.29. The zero-order valence-corrected chi connectivity index (χ0v) is 19.0. The van der Waals surface area contributed by atoms with E-state index in [1.54, 1.807) is 24.5 Å². The highest BCUT2D eigenvalue weighted by atomic mass is 19.1. The molecule has 1 fully saturated rings. The summed E-state index contributed by atoms with van der Waals surface area (Å²) in [5.41, 5.74) is 1.69. The highest BCUT2D eigenvalue weighted by Gasteiger charge is 2.28. The van der Waals surface area contributed by atoms with E-state index in [0.717, 1.165) is 5.56 Å². The van der Waals surface area contributed by atoms with Crippen LogP contribution in [-0.4, -0.2) is 56.0 Å². The molecule has 1 aliphatic rings. The van der Waals surface area contributed by atoms with Gasteiger partial charge in [-0.3, -0.25) is 14.5 Å². The van der Waals surface area contributed by atoms with Crippen LogP contribution < -0.4 is 15.5 Å². The maximum Gasteiger partial charge on any atom is 0.309 e. The number of hydrogen-bond donors (Lipinski definition) is 2. The molecule has 0 spiro atoms. The van der Waals surface area contributed by atoms with Gasteiger partial charge >= 0.3 is 11.8 Å². The van der Waals surface area contributed by atoms with Crippen molar-refractivity contribution in [1.82, 2.24) is 15.5 Å². The van der Waals surface area contributed by atoms with Gasteiger partial charge in [0.05, 0.1) is 18.0 Å². The predicted molar refractivity (Wildman–Crippen MR) is 128 cm³/mol. The van der Waals surface area contributed by atoms with Crippen LogP contribution in [0.5, 0.6) is 0 Å². The molecular formula is C26H29FN4O3. The number of rotatable bonds is 8. The number of carbonyl (C=O) groups excluding carboxylic acids is 2. The number of anilines is 1. The van der Waals surface area contributed by atoms with Gasteiger partial charge in [-0.15, -0.1) is 0 Å². The first-order chi connectivity index (χ1) is 16.6. The van der Waals surface area contributed by atoms with Gasteiger partial charge in [0.2, 0.25) is 0 Å². The van der Waals surface area contributed by atoms with E-state index in [1.165, 1.54) is 6.07 Å². The van der Waals surface area contributed by atoms with Crippen LogP contribution in [-0.2, 0) is 16.0 Å². The molecule has 34 heavy (non-hydrogen) atoms. The summed E-state index contributed by atoms with van der Waals surface area (Å²) in [5, 5.41) is 5.41. The summed E-state index contributed by atoms with van der Waals surface area (Å²) in [6, 6.07) is 20.0. The van der Waals surface area contributed by atoms with Crippen LogP contribution in [0.2, 0.25) is 0 Å². The van der Waals surface area contributed by atoms with Gasteiger partial charge in [0.25, 0.3) is 0 Å². The average Bonchev–Trinajstić information content (AvgIpc) is 3.40. The number of para-hydroxylation sites is 1. The molecule has 1 aromatic heterocycles. The molecule has 0 radical (unpaired) electrons. The Kier molecular flexibility index (Phi) is 7.93. The van der Waals surface area contributed by atoms with Crippen molar-refractivity contribution in [2.45, 2.75) is 12.5 Å². The van der Waals surface area contributed by atoms with Crippen LogP contribution in [0.3, 0.4) is 0 Å². The van der Waals surface area contributed by atoms with Gasteiger partial charge in [0.1, 0.15) is 11.6 Å². The molecular weight excluding hydrogens is 435 g/mol. The van der Waals surface area contributed by atoms with Crippen molar-refractivity contribution in [2.75, 3.05) is 44.2 Å². The maximum atomic E-state index is 14.2. The van der Waals surface area contributed by atoms with Gasteiger partial charge in [-0.25, -0.2) is 4.39 Å². The Bertz CT molecular complexity index is 1070. The number of benzene rings is 2. The molecule has 1 aliphatic heterocycles. The summed E-state index contributed by atoms with van der Waals surface area (Å²) in [6.45, 7) is 3.24. The quantitative estimate of drug-likeness (QED) is 0.502. The summed E-state index contributed by atoms with van der Waals surface area (Å²) in [6.07, 6.45) is 2.25. The second-order valence-corrected chi connectivity index (χ2v) is 8.21. The minimum atomic E-state index is -0.672. The molecule has 1 saturated heterocycles. The van der Waals surface area contributed by atoms with Crippen molar-refractivity contribution < 1.29 is 18.4 Å². The number of halogens is 1. The first-order valence-electron chi connectivity index (χ1n) is 11.5. The highest BCUT2D eigenvalue weighted by molar-refractivity contribution is 6.35. The van der Waals surface area contributed by atoms with Crippen LogP contribution in [0.25, 0.3) is 0 Å². The Labute approximate surface area is 198 Å². The van der Waals surface area contributed by atoms with Crippen molar-refractivity contribution in [2.24, 2.45) is 0 Å². The van der Waals surface area contributed by atoms with E-state index in [1.807, 2.05) is 47.4 Å². The zero-order chi connectivity index (χ0) is 23.8. The summed E-state index contributed by atoms with van der Waals surface area (Å²) < 4.78 is 19.8. The number of carbonyl (C=O) groups is 2. The molecule has 2 amide bonds. The predicted octanol–water partition coefficient (Wildman–Crippen LogP) is 2.76. The lowest BCUT2D eigenvalue weighted by atomic mass is 10.1. The number of amides is 2. The number of nitrogens with one attached hydrogen (secondary N) is 2. The van der Waals surface area contributed by atoms with Gasteiger partial charge < -0.3 is 20.0 Å². The lowest BCUT2D eigenvalue weighted by Gasteiger charge is -2.39. The van der Waals surface area contributed by atoms with E-state index in [-0.39, 0.29) is 18.4 Å². The van der Waals surface area contributed by atoms with Crippen LogP contribution >= 0.6 is 0 Å². The largest absolute Gasteiger partial charge is 0.468 e. The molecule has 178 valence electrons. The summed E-state index contributed by atoms with van der Waals surface area (Å²) in [4.78, 5) is 28.8. The Morgan fingerprint density at radius 2 is 1.59 bits per heavy atom. The van der Waals surface area contributed by atoms with Crippen molar-refractivity contribution in [1.29, 1.82) is 0 Å². The third kappa shape index (κ3) is 6.02. The molecule has 0 bridgehead atoms. The Morgan fingerprint density at radius 3 is 2.29 bits per heavy atom. The van der Waals surface area contributed by atoms with Gasteiger partial charge in [0.15, 0.2) is 0 Å². The van der Waals surface area contributed by atoms with Crippen molar-refractivity contribution in [3.8, 4) is 0 Å². The highest BCUT2D eigenvalue weighted by Crippen LogP contribution is 2.25. The standard InChI is InChI=1S/C26H29FN4O3/c27-21-9-4-5-10-22(21)30-14-16-31(17-15-30)23(24-11-6-18-34-24)19-29-26(33)25(32)28-13-12-20-7-2-1-3-8-20/h1-11,18,23H,12-17,19H2,(H,28,32)(H,29,33)/t23-/m1/s1. The maximum absolute atomic E-state index is 14.2. The van der Waals surface area contributed by atoms with Crippen LogP contribution in [0.15, 0.2) is 77.4 Å². The second kappa shape index (κ2) is 11.5. The minimum absolute atomic E-state index is 0.223. The summed E-state index contributed by atoms with van der Waals surface area (Å²) in [7, 11) is 0. The molecule has 3 aromatic rings. The summed E-state index contributed by atoms with van der Waals surface area (Å²) >= 11 is 0. The van der Waals surface area contributed by atoms with Crippen molar-refractivity contribution in [3.63, 3.8) is 0 Å². The molecule has 7 nitrogen and oxygen atoms in total. The monoisotopic (exact) mass is 464 g/mol. The fraction of sp³-hybridized carbons (Fsp3) is 0.308. The third-order valence-electron chi connectivity index (χ3n) is 6.02. The smallest absolute Gasteiger partial charge is 0.309 e. The van der Waals surface area contributed by atoms with Crippen LogP contribution in [0.1, 0.15) is 17.4 Å². The van der Waals surface area contributed by atoms with E-state index in [2.05, 4.69) is 15.5 Å². The molecule has 2 N–H and O–H groups in total. The number of nitrogens with zero attached hydrogens (tertiary/aromatic N) is 2. The van der Waals surface area contributed by atoms with Gasteiger partial charge in [-0.2, -0.15) is 0 Å². The number of piperazine rings is 1. The Morgan fingerprint density at radius 1 is 0.882 bits per heavy atom. The third-order valence-corrected chi connectivity index (χ3v) is 6.02. The SMILES string of the molecule is O=C(NCCc1ccccc1)C(=O)NC[C@H](c1ccco1)N1CCN(c2ccccc2F)CC1. The van der Waals surface area contributed by atoms with E-state index in [9.17, 15) is 14.0 Å². The fourth-order valence-electron chi connectivity index (χ4n) is 4.19. The molecule has 0 saturated carbocycles. The molecule has 1 atom stereocenters. The number of furan rings is 1. The van der Waals surface area contributed by atoms with Crippen molar-refractivity contribution >= 4 is 17.5 Å². The fourth-order valence-corrected chi connectivity index (χ4v) is 4.19. The Hall–Kier alpha value is -3.65.